The van der Waals surface area contributed by atoms with Crippen LogP contribution in [0.1, 0.15) is 18.5 Å². The predicted octanol–water partition coefficient (Wildman–Crippen LogP) is 2.20. The van der Waals surface area contributed by atoms with E-state index >= 15 is 0 Å². The van der Waals surface area contributed by atoms with Gasteiger partial charge in [0.25, 0.3) is 0 Å². The van der Waals surface area contributed by atoms with E-state index in [1.807, 2.05) is 6.92 Å². The summed E-state index contributed by atoms with van der Waals surface area (Å²) < 4.78 is 30.9. The average molecular weight is 338 g/mol. The molecule has 0 amide bonds. The Labute approximate surface area is 131 Å². The number of aryl methyl sites for hydroxylation is 1. The molecule has 0 saturated carbocycles. The first kappa shape index (κ1) is 15.0. The maximum absolute atomic E-state index is 11.9. The maximum atomic E-state index is 11.9. The van der Waals surface area contributed by atoms with Crippen LogP contribution in [0.5, 0.6) is 0 Å². The van der Waals surface area contributed by atoms with E-state index in [1.165, 1.54) is 12.1 Å². The minimum absolute atomic E-state index is 0.0344. The molecule has 0 atom stereocenters. The van der Waals surface area contributed by atoms with Crippen molar-refractivity contribution in [1.82, 2.24) is 9.55 Å². The number of rotatable bonds is 4. The summed E-state index contributed by atoms with van der Waals surface area (Å²) in [7, 11) is -3.28. The summed E-state index contributed by atoms with van der Waals surface area (Å²) in [6, 6.07) is 4.61. The Balaban J connectivity index is 2.02. The largest absolute Gasteiger partial charge is 0.439 e. The van der Waals surface area contributed by atoms with E-state index < -0.39 is 9.84 Å². The van der Waals surface area contributed by atoms with Crippen LogP contribution in [-0.2, 0) is 16.4 Å². The van der Waals surface area contributed by atoms with Crippen LogP contribution in [0.3, 0.4) is 0 Å². The third kappa shape index (κ3) is 2.59. The summed E-state index contributed by atoms with van der Waals surface area (Å²) in [6.07, 6.45) is 0. The van der Waals surface area contributed by atoms with Crippen molar-refractivity contribution >= 4 is 32.3 Å². The van der Waals surface area contributed by atoms with Crippen LogP contribution in [0.15, 0.2) is 37.7 Å². The number of sulfone groups is 1. The Hall–Kier alpha value is -1.93. The van der Waals surface area contributed by atoms with Crippen molar-refractivity contribution < 1.29 is 12.8 Å². The van der Waals surface area contributed by atoms with Crippen molar-refractivity contribution in [3.8, 4) is 0 Å². The van der Waals surface area contributed by atoms with E-state index in [2.05, 4.69) is 4.98 Å². The number of nitrogens with zero attached hydrogens (tertiary/aromatic N) is 2. The molecule has 3 rings (SSSR count). The molecule has 0 radical (unpaired) electrons. The normalized spacial score (nSPS) is 12.1. The lowest BCUT2D eigenvalue weighted by atomic mass is 10.3. The SMILES string of the molecule is CCS(=O)(=O)c1ccc2oc(Cn3c(C)csc3=O)nc2c1. The number of thiazole rings is 1. The second-order valence-electron chi connectivity index (χ2n) is 4.87. The molecule has 116 valence electrons. The van der Waals surface area contributed by atoms with Crippen molar-refractivity contribution in [2.45, 2.75) is 25.3 Å². The molecule has 0 fully saturated rings. The van der Waals surface area contributed by atoms with Gasteiger partial charge in [-0.3, -0.25) is 9.36 Å². The van der Waals surface area contributed by atoms with Gasteiger partial charge in [0.1, 0.15) is 12.1 Å². The van der Waals surface area contributed by atoms with Gasteiger partial charge >= 0.3 is 4.87 Å². The summed E-state index contributed by atoms with van der Waals surface area (Å²) in [5.74, 6) is 0.414. The minimum Gasteiger partial charge on any atom is -0.439 e. The van der Waals surface area contributed by atoms with Gasteiger partial charge < -0.3 is 4.42 Å². The van der Waals surface area contributed by atoms with Gasteiger partial charge in [-0.05, 0) is 25.1 Å². The molecule has 8 heteroatoms. The molecular formula is C14H14N2O4S2. The maximum Gasteiger partial charge on any atom is 0.307 e. The second kappa shape index (κ2) is 5.36. The van der Waals surface area contributed by atoms with Crippen molar-refractivity contribution in [2.75, 3.05) is 5.75 Å². The van der Waals surface area contributed by atoms with Gasteiger partial charge in [0.05, 0.1) is 10.6 Å². The Bertz CT molecular complexity index is 995. The summed E-state index contributed by atoms with van der Waals surface area (Å²) in [5, 5.41) is 1.77. The third-order valence-corrected chi connectivity index (χ3v) is 6.03. The smallest absolute Gasteiger partial charge is 0.307 e. The fourth-order valence-corrected chi connectivity index (χ4v) is 3.75. The van der Waals surface area contributed by atoms with Crippen LogP contribution in [0, 0.1) is 6.92 Å². The van der Waals surface area contributed by atoms with Crippen LogP contribution in [-0.4, -0.2) is 23.7 Å². The molecule has 0 N–H and O–H groups in total. The molecule has 0 saturated heterocycles. The lowest BCUT2D eigenvalue weighted by Gasteiger charge is -1.99. The quantitative estimate of drug-likeness (QED) is 0.728. The van der Waals surface area contributed by atoms with Crippen LogP contribution in [0.25, 0.3) is 11.1 Å². The van der Waals surface area contributed by atoms with Gasteiger partial charge in [-0.15, -0.1) is 0 Å². The summed E-state index contributed by atoms with van der Waals surface area (Å²) in [4.78, 5) is 16.2. The van der Waals surface area contributed by atoms with Crippen LogP contribution < -0.4 is 4.87 Å². The fourth-order valence-electron chi connectivity index (χ4n) is 2.11. The van der Waals surface area contributed by atoms with Gasteiger partial charge in [0, 0.05) is 11.1 Å². The zero-order valence-electron chi connectivity index (χ0n) is 12.1. The third-order valence-electron chi connectivity index (χ3n) is 3.41. The van der Waals surface area contributed by atoms with E-state index in [0.717, 1.165) is 17.0 Å². The Morgan fingerprint density at radius 2 is 2.14 bits per heavy atom. The lowest BCUT2D eigenvalue weighted by Crippen LogP contribution is -2.15. The minimum atomic E-state index is -3.28. The number of oxazole rings is 1. The van der Waals surface area contributed by atoms with Crippen LogP contribution in [0.2, 0.25) is 0 Å². The molecule has 0 spiro atoms. The molecule has 2 heterocycles. The highest BCUT2D eigenvalue weighted by Gasteiger charge is 2.15. The molecule has 0 aliphatic rings. The standard InChI is InChI=1S/C14H14N2O4S2/c1-3-22(18,19)10-4-5-12-11(6-10)15-13(20-12)7-16-9(2)8-21-14(16)17/h4-6,8H,3,7H2,1-2H3. The molecule has 3 aromatic rings. The van der Waals surface area contributed by atoms with Crippen LogP contribution >= 0.6 is 11.3 Å². The van der Waals surface area contributed by atoms with Gasteiger partial charge in [-0.25, -0.2) is 13.4 Å². The Morgan fingerprint density at radius 1 is 1.36 bits per heavy atom. The van der Waals surface area contributed by atoms with E-state index in [9.17, 15) is 13.2 Å². The first-order chi connectivity index (χ1) is 10.4. The molecule has 2 aromatic heterocycles. The van der Waals surface area contributed by atoms with Crippen LogP contribution in [0.4, 0.5) is 0 Å². The number of fused-ring (bicyclic) bond motifs is 1. The first-order valence-corrected chi connectivity index (χ1v) is 9.21. The molecule has 1 aromatic carbocycles. The van der Waals surface area contributed by atoms with E-state index in [1.54, 1.807) is 22.9 Å². The number of benzene rings is 1. The molecular weight excluding hydrogens is 324 g/mol. The van der Waals surface area contributed by atoms with Crippen molar-refractivity contribution in [2.24, 2.45) is 0 Å². The summed E-state index contributed by atoms with van der Waals surface area (Å²) in [6.45, 7) is 3.67. The first-order valence-electron chi connectivity index (χ1n) is 6.68. The zero-order valence-corrected chi connectivity index (χ0v) is 13.7. The van der Waals surface area contributed by atoms with Crippen molar-refractivity contribution in [1.29, 1.82) is 0 Å². The molecule has 22 heavy (non-hydrogen) atoms. The van der Waals surface area contributed by atoms with Gasteiger partial charge in [-0.1, -0.05) is 18.3 Å². The highest BCUT2D eigenvalue weighted by molar-refractivity contribution is 7.91. The highest BCUT2D eigenvalue weighted by Crippen LogP contribution is 2.21. The predicted molar refractivity (Wildman–Crippen MR) is 84.2 cm³/mol. The molecule has 6 nitrogen and oxygen atoms in total. The van der Waals surface area contributed by atoms with E-state index in [4.69, 9.17) is 4.42 Å². The van der Waals surface area contributed by atoms with E-state index in [0.29, 0.717) is 17.0 Å². The number of aromatic nitrogens is 2. The van der Waals surface area contributed by atoms with Gasteiger partial charge in [0.2, 0.25) is 5.89 Å². The molecule has 0 aliphatic heterocycles. The number of hydrogen-bond acceptors (Lipinski definition) is 6. The van der Waals surface area contributed by atoms with Crippen molar-refractivity contribution in [3.63, 3.8) is 0 Å². The highest BCUT2D eigenvalue weighted by atomic mass is 32.2. The monoisotopic (exact) mass is 338 g/mol. The fraction of sp³-hybridized carbons (Fsp3) is 0.286. The topological polar surface area (TPSA) is 82.2 Å². The second-order valence-corrected chi connectivity index (χ2v) is 7.97. The van der Waals surface area contributed by atoms with E-state index in [-0.39, 0.29) is 22.1 Å². The average Bonchev–Trinajstić information content (AvgIpc) is 3.04. The number of hydrogen-bond donors (Lipinski definition) is 0. The molecule has 0 unspecified atom stereocenters. The zero-order chi connectivity index (χ0) is 15.9. The Morgan fingerprint density at radius 3 is 2.77 bits per heavy atom. The Kier molecular flexibility index (Phi) is 3.65. The summed E-state index contributed by atoms with van der Waals surface area (Å²) in [5.41, 5.74) is 1.82. The van der Waals surface area contributed by atoms with Crippen molar-refractivity contribution in [3.05, 3.63) is 44.8 Å². The molecule has 0 aliphatic carbocycles. The molecule has 0 bridgehead atoms. The van der Waals surface area contributed by atoms with Gasteiger partial charge in [0.15, 0.2) is 15.4 Å². The summed E-state index contributed by atoms with van der Waals surface area (Å²) >= 11 is 1.12. The lowest BCUT2D eigenvalue weighted by molar-refractivity contribution is 0.503. The van der Waals surface area contributed by atoms with Gasteiger partial charge in [-0.2, -0.15) is 0 Å².